The summed E-state index contributed by atoms with van der Waals surface area (Å²) in [6.07, 6.45) is 0.580. The van der Waals surface area contributed by atoms with Crippen LogP contribution in [0.3, 0.4) is 0 Å². The van der Waals surface area contributed by atoms with Gasteiger partial charge < -0.3 is 14.8 Å². The molecule has 0 unspecified atom stereocenters. The molecule has 146 valence electrons. The number of carbonyl (C=O) groups is 1. The zero-order valence-corrected chi connectivity index (χ0v) is 16.4. The van der Waals surface area contributed by atoms with Gasteiger partial charge in [0, 0.05) is 6.54 Å². The molecule has 2 aromatic rings. The van der Waals surface area contributed by atoms with Crippen molar-refractivity contribution in [2.24, 2.45) is 0 Å². The van der Waals surface area contributed by atoms with E-state index in [4.69, 9.17) is 9.47 Å². The Balaban J connectivity index is 1.83. The number of nitrogens with one attached hydrogen (secondary N) is 2. The number of ether oxygens (including phenoxy) is 2. The van der Waals surface area contributed by atoms with Gasteiger partial charge in [0.2, 0.25) is 15.9 Å². The summed E-state index contributed by atoms with van der Waals surface area (Å²) in [6.45, 7) is 1.86. The van der Waals surface area contributed by atoms with Crippen molar-refractivity contribution in [2.75, 3.05) is 27.3 Å². The number of sulfonamides is 1. The first-order valence-corrected chi connectivity index (χ1v) is 9.88. The third-order valence-electron chi connectivity index (χ3n) is 3.91. The Bertz CT molecular complexity index is 897. The van der Waals surface area contributed by atoms with E-state index in [0.29, 0.717) is 24.5 Å². The average molecular weight is 392 g/mol. The number of carbonyl (C=O) groups excluding carboxylic acids is 1. The van der Waals surface area contributed by atoms with Gasteiger partial charge in [-0.2, -0.15) is 0 Å². The molecule has 0 saturated heterocycles. The molecule has 27 heavy (non-hydrogen) atoms. The zero-order valence-electron chi connectivity index (χ0n) is 15.6. The fraction of sp³-hybridized carbons (Fsp3) is 0.316. The van der Waals surface area contributed by atoms with Gasteiger partial charge in [-0.05, 0) is 48.7 Å². The van der Waals surface area contributed by atoms with Crippen molar-refractivity contribution < 1.29 is 22.7 Å². The molecule has 0 aliphatic heterocycles. The van der Waals surface area contributed by atoms with Crippen LogP contribution >= 0.6 is 0 Å². The Morgan fingerprint density at radius 1 is 1.04 bits per heavy atom. The highest BCUT2D eigenvalue weighted by molar-refractivity contribution is 7.89. The Labute approximate surface area is 159 Å². The molecule has 0 heterocycles. The van der Waals surface area contributed by atoms with E-state index in [0.717, 1.165) is 11.1 Å². The normalized spacial score (nSPS) is 11.1. The van der Waals surface area contributed by atoms with Crippen LogP contribution in [0, 0.1) is 6.92 Å². The molecule has 0 radical (unpaired) electrons. The first kappa shape index (κ1) is 20.7. The summed E-state index contributed by atoms with van der Waals surface area (Å²) in [5.41, 5.74) is 1.80. The monoisotopic (exact) mass is 392 g/mol. The molecule has 0 atom stereocenters. The van der Waals surface area contributed by atoms with Crippen molar-refractivity contribution in [3.8, 4) is 11.5 Å². The van der Waals surface area contributed by atoms with Crippen LogP contribution in [0.4, 0.5) is 0 Å². The second-order valence-corrected chi connectivity index (χ2v) is 7.70. The molecule has 0 bridgehead atoms. The Morgan fingerprint density at radius 2 is 1.78 bits per heavy atom. The Hall–Kier alpha value is -2.58. The van der Waals surface area contributed by atoms with E-state index in [1.807, 2.05) is 12.1 Å². The number of benzene rings is 2. The van der Waals surface area contributed by atoms with E-state index in [1.165, 1.54) is 6.07 Å². The van der Waals surface area contributed by atoms with Crippen molar-refractivity contribution >= 4 is 15.9 Å². The smallest absolute Gasteiger partial charge is 0.241 e. The zero-order chi connectivity index (χ0) is 19.9. The van der Waals surface area contributed by atoms with Gasteiger partial charge in [-0.3, -0.25) is 4.79 Å². The highest BCUT2D eigenvalue weighted by Crippen LogP contribution is 2.27. The Kier molecular flexibility index (Phi) is 7.20. The van der Waals surface area contributed by atoms with E-state index in [2.05, 4.69) is 10.0 Å². The third-order valence-corrected chi connectivity index (χ3v) is 5.31. The summed E-state index contributed by atoms with van der Waals surface area (Å²) in [7, 11) is -0.589. The van der Waals surface area contributed by atoms with Gasteiger partial charge in [0.15, 0.2) is 11.5 Å². The van der Waals surface area contributed by atoms with E-state index >= 15 is 0 Å². The maximum Gasteiger partial charge on any atom is 0.241 e. The minimum atomic E-state index is -3.71. The first-order chi connectivity index (χ1) is 12.9. The van der Waals surface area contributed by atoms with Crippen LogP contribution in [0.15, 0.2) is 47.4 Å². The summed E-state index contributed by atoms with van der Waals surface area (Å²) in [6, 6.07) is 12.0. The predicted molar refractivity (Wildman–Crippen MR) is 103 cm³/mol. The number of methoxy groups -OCH3 is 2. The van der Waals surface area contributed by atoms with Crippen LogP contribution in [0.2, 0.25) is 0 Å². The molecule has 0 fully saturated rings. The van der Waals surface area contributed by atoms with Crippen LogP contribution in [-0.4, -0.2) is 41.6 Å². The predicted octanol–water partition coefficient (Wildman–Crippen LogP) is 1.65. The highest BCUT2D eigenvalue weighted by Gasteiger charge is 2.15. The van der Waals surface area contributed by atoms with Crippen molar-refractivity contribution in [2.45, 2.75) is 18.2 Å². The lowest BCUT2D eigenvalue weighted by atomic mass is 10.1. The molecule has 1 amide bonds. The summed E-state index contributed by atoms with van der Waals surface area (Å²) in [4.78, 5) is 12.1. The van der Waals surface area contributed by atoms with Gasteiger partial charge in [0.05, 0.1) is 25.7 Å². The van der Waals surface area contributed by atoms with E-state index in [9.17, 15) is 13.2 Å². The molecule has 8 heteroatoms. The lowest BCUT2D eigenvalue weighted by Gasteiger charge is -2.10. The van der Waals surface area contributed by atoms with Crippen molar-refractivity contribution in [3.05, 3.63) is 53.6 Å². The standard InChI is InChI=1S/C19H24N2O5S/c1-14-5-4-6-16(11-14)27(23,24)21-13-19(22)20-10-9-15-7-8-17(25-2)18(12-15)26-3/h4-8,11-12,21H,9-10,13H2,1-3H3,(H,20,22). The van der Waals surface area contributed by atoms with E-state index in [1.54, 1.807) is 45.4 Å². The van der Waals surface area contributed by atoms with Crippen LogP contribution in [0.25, 0.3) is 0 Å². The highest BCUT2D eigenvalue weighted by atomic mass is 32.2. The number of hydrogen-bond acceptors (Lipinski definition) is 5. The van der Waals surface area contributed by atoms with E-state index in [-0.39, 0.29) is 11.4 Å². The van der Waals surface area contributed by atoms with Gasteiger partial charge in [-0.25, -0.2) is 13.1 Å². The maximum atomic E-state index is 12.2. The summed E-state index contributed by atoms with van der Waals surface area (Å²) in [5.74, 6) is 0.856. The second-order valence-electron chi connectivity index (χ2n) is 5.93. The van der Waals surface area contributed by atoms with Gasteiger partial charge in [-0.1, -0.05) is 18.2 Å². The number of amides is 1. The Morgan fingerprint density at radius 3 is 2.44 bits per heavy atom. The molecule has 2 rings (SSSR count). The number of rotatable bonds is 9. The van der Waals surface area contributed by atoms with Crippen LogP contribution in [0.1, 0.15) is 11.1 Å². The van der Waals surface area contributed by atoms with Crippen molar-refractivity contribution in [3.63, 3.8) is 0 Å². The molecule has 0 aliphatic carbocycles. The summed E-state index contributed by atoms with van der Waals surface area (Å²) >= 11 is 0. The minimum absolute atomic E-state index is 0.139. The van der Waals surface area contributed by atoms with Gasteiger partial charge >= 0.3 is 0 Å². The lowest BCUT2D eigenvalue weighted by Crippen LogP contribution is -2.37. The average Bonchev–Trinajstić information content (AvgIpc) is 2.66. The van der Waals surface area contributed by atoms with Crippen LogP contribution in [-0.2, 0) is 21.2 Å². The van der Waals surface area contributed by atoms with Crippen LogP contribution < -0.4 is 19.5 Å². The van der Waals surface area contributed by atoms with Gasteiger partial charge in [0.25, 0.3) is 0 Å². The molecule has 0 aromatic heterocycles. The summed E-state index contributed by atoms with van der Waals surface area (Å²) in [5, 5.41) is 2.69. The SMILES string of the molecule is COc1ccc(CCNC(=O)CNS(=O)(=O)c2cccc(C)c2)cc1OC. The number of aryl methyl sites for hydroxylation is 1. The second kappa shape index (κ2) is 9.38. The fourth-order valence-corrected chi connectivity index (χ4v) is 3.56. The topological polar surface area (TPSA) is 93.7 Å². The molecular formula is C19H24N2O5S. The molecule has 0 saturated carbocycles. The molecule has 2 N–H and O–H groups in total. The van der Waals surface area contributed by atoms with Crippen LogP contribution in [0.5, 0.6) is 11.5 Å². The fourth-order valence-electron chi connectivity index (χ4n) is 2.47. The van der Waals surface area contributed by atoms with E-state index < -0.39 is 15.9 Å². The van der Waals surface area contributed by atoms with Crippen molar-refractivity contribution in [1.29, 1.82) is 0 Å². The molecular weight excluding hydrogens is 368 g/mol. The molecule has 0 aliphatic rings. The molecule has 2 aromatic carbocycles. The molecule has 7 nitrogen and oxygen atoms in total. The largest absolute Gasteiger partial charge is 0.493 e. The quantitative estimate of drug-likeness (QED) is 0.677. The first-order valence-electron chi connectivity index (χ1n) is 8.39. The third kappa shape index (κ3) is 5.97. The van der Waals surface area contributed by atoms with Gasteiger partial charge in [0.1, 0.15) is 0 Å². The summed E-state index contributed by atoms with van der Waals surface area (Å²) < 4.78 is 37.1. The maximum absolute atomic E-state index is 12.2. The minimum Gasteiger partial charge on any atom is -0.493 e. The number of hydrogen-bond donors (Lipinski definition) is 2. The van der Waals surface area contributed by atoms with Crippen molar-refractivity contribution in [1.82, 2.24) is 10.0 Å². The molecule has 0 spiro atoms. The van der Waals surface area contributed by atoms with Gasteiger partial charge in [-0.15, -0.1) is 0 Å². The lowest BCUT2D eigenvalue weighted by molar-refractivity contribution is -0.119.